The molecule has 0 N–H and O–H groups in total. The Morgan fingerprint density at radius 1 is 1.16 bits per heavy atom. The molecule has 1 aromatic carbocycles. The normalized spacial score (nSPS) is 21.8. The fourth-order valence-corrected chi connectivity index (χ4v) is 4.07. The van der Waals surface area contributed by atoms with E-state index in [4.69, 9.17) is 0 Å². The second kappa shape index (κ2) is 9.35. The Kier molecular flexibility index (Phi) is 6.89. The number of hydrogen-bond acceptors (Lipinski definition) is 2. The average Bonchev–Trinajstić information content (AvgIpc) is 2.64. The number of nitrogens with zero attached hydrogens (tertiary/aromatic N) is 2. The number of rotatable bonds is 7. The molecule has 1 aliphatic carbocycles. The molecule has 0 saturated carbocycles. The molecule has 0 aromatic heterocycles. The van der Waals surface area contributed by atoms with Gasteiger partial charge >= 0.3 is 0 Å². The Morgan fingerprint density at radius 2 is 2.00 bits per heavy atom. The molecule has 2 nitrogen and oxygen atoms in total. The third kappa shape index (κ3) is 5.55. The molecule has 1 aromatic rings. The Bertz CT molecular complexity index is 573. The van der Waals surface area contributed by atoms with Crippen molar-refractivity contribution >= 4 is 0 Å². The number of hydrogen-bond donors (Lipinski definition) is 0. The molecular weight excluding hydrogens is 304 g/mol. The van der Waals surface area contributed by atoms with Gasteiger partial charge < -0.3 is 0 Å². The molecule has 25 heavy (non-hydrogen) atoms. The van der Waals surface area contributed by atoms with Crippen LogP contribution in [0.25, 0.3) is 0 Å². The minimum atomic E-state index is 0.604. The van der Waals surface area contributed by atoms with E-state index >= 15 is 0 Å². The van der Waals surface area contributed by atoms with E-state index in [0.717, 1.165) is 13.1 Å². The maximum Gasteiger partial charge on any atom is 0.0237 e. The van der Waals surface area contributed by atoms with Gasteiger partial charge in [-0.05, 0) is 51.6 Å². The summed E-state index contributed by atoms with van der Waals surface area (Å²) in [4.78, 5) is 5.42. The van der Waals surface area contributed by atoms with Crippen molar-refractivity contribution in [2.45, 2.75) is 64.6 Å². The van der Waals surface area contributed by atoms with Gasteiger partial charge in [-0.15, -0.1) is 0 Å². The lowest BCUT2D eigenvalue weighted by atomic mass is 9.99. The minimum absolute atomic E-state index is 0.604. The van der Waals surface area contributed by atoms with E-state index in [1.54, 1.807) is 5.57 Å². The fourth-order valence-electron chi connectivity index (χ4n) is 4.07. The van der Waals surface area contributed by atoms with E-state index in [0.29, 0.717) is 12.1 Å². The maximum absolute atomic E-state index is 2.73. The van der Waals surface area contributed by atoms with E-state index in [2.05, 4.69) is 72.2 Å². The molecule has 0 spiro atoms. The smallest absolute Gasteiger partial charge is 0.0237 e. The van der Waals surface area contributed by atoms with Gasteiger partial charge in [0.2, 0.25) is 0 Å². The Morgan fingerprint density at radius 3 is 2.72 bits per heavy atom. The first kappa shape index (κ1) is 18.4. The average molecular weight is 339 g/mol. The van der Waals surface area contributed by atoms with Gasteiger partial charge in [0, 0.05) is 31.7 Å². The molecule has 2 heteroatoms. The maximum atomic E-state index is 2.73. The zero-order chi connectivity index (χ0) is 17.5. The van der Waals surface area contributed by atoms with Gasteiger partial charge in [-0.2, -0.15) is 0 Å². The van der Waals surface area contributed by atoms with Crippen LogP contribution in [0.4, 0.5) is 0 Å². The van der Waals surface area contributed by atoms with Crippen LogP contribution in [0.2, 0.25) is 0 Å². The van der Waals surface area contributed by atoms with E-state index in [1.807, 2.05) is 0 Å². The SMILES string of the molecule is CC(C)N(CC1=CC=CCC1)CC1CCCCN1Cc1ccccc1. The predicted octanol–water partition coefficient (Wildman–Crippen LogP) is 5.03. The summed E-state index contributed by atoms with van der Waals surface area (Å²) in [5.41, 5.74) is 3.05. The van der Waals surface area contributed by atoms with Crippen LogP contribution >= 0.6 is 0 Å². The predicted molar refractivity (Wildman–Crippen MR) is 108 cm³/mol. The molecule has 1 saturated heterocycles. The highest BCUT2D eigenvalue weighted by Crippen LogP contribution is 2.22. The molecule has 0 radical (unpaired) electrons. The van der Waals surface area contributed by atoms with Crippen molar-refractivity contribution in [3.63, 3.8) is 0 Å². The van der Waals surface area contributed by atoms with Crippen LogP contribution in [0.3, 0.4) is 0 Å². The quantitative estimate of drug-likeness (QED) is 0.688. The molecular formula is C23H34N2. The third-order valence-electron chi connectivity index (χ3n) is 5.66. The van der Waals surface area contributed by atoms with Crippen molar-refractivity contribution in [1.82, 2.24) is 9.80 Å². The van der Waals surface area contributed by atoms with Gasteiger partial charge in [0.05, 0.1) is 0 Å². The highest BCUT2D eigenvalue weighted by molar-refractivity contribution is 5.19. The lowest BCUT2D eigenvalue weighted by molar-refractivity contribution is 0.0892. The minimum Gasteiger partial charge on any atom is -0.295 e. The van der Waals surface area contributed by atoms with Crippen molar-refractivity contribution in [3.05, 3.63) is 59.7 Å². The Labute approximate surface area is 154 Å². The van der Waals surface area contributed by atoms with Crippen molar-refractivity contribution in [2.75, 3.05) is 19.6 Å². The van der Waals surface area contributed by atoms with Crippen LogP contribution < -0.4 is 0 Å². The number of piperidine rings is 1. The molecule has 0 bridgehead atoms. The van der Waals surface area contributed by atoms with Gasteiger partial charge in [-0.3, -0.25) is 9.80 Å². The molecule has 1 heterocycles. The van der Waals surface area contributed by atoms with Gasteiger partial charge in [-0.25, -0.2) is 0 Å². The topological polar surface area (TPSA) is 6.48 Å². The molecule has 0 amide bonds. The highest BCUT2D eigenvalue weighted by Gasteiger charge is 2.26. The van der Waals surface area contributed by atoms with Gasteiger partial charge in [-0.1, -0.05) is 60.6 Å². The van der Waals surface area contributed by atoms with E-state index in [9.17, 15) is 0 Å². The molecule has 1 aliphatic heterocycles. The summed E-state index contributed by atoms with van der Waals surface area (Å²) in [6, 6.07) is 12.3. The zero-order valence-corrected chi connectivity index (χ0v) is 16.0. The molecule has 136 valence electrons. The first-order valence-corrected chi connectivity index (χ1v) is 10.1. The van der Waals surface area contributed by atoms with Crippen LogP contribution in [0, 0.1) is 0 Å². The fraction of sp³-hybridized carbons (Fsp3) is 0.565. The summed E-state index contributed by atoms with van der Waals surface area (Å²) >= 11 is 0. The summed E-state index contributed by atoms with van der Waals surface area (Å²) in [6.45, 7) is 9.39. The van der Waals surface area contributed by atoms with Crippen molar-refractivity contribution in [3.8, 4) is 0 Å². The number of allylic oxidation sites excluding steroid dienone is 3. The summed E-state index contributed by atoms with van der Waals surface area (Å²) in [6.07, 6.45) is 13.4. The zero-order valence-electron chi connectivity index (χ0n) is 16.0. The van der Waals surface area contributed by atoms with Crippen LogP contribution in [0.15, 0.2) is 54.1 Å². The second-order valence-electron chi connectivity index (χ2n) is 7.92. The van der Waals surface area contributed by atoms with Crippen molar-refractivity contribution < 1.29 is 0 Å². The van der Waals surface area contributed by atoms with Crippen LogP contribution in [-0.2, 0) is 6.54 Å². The number of benzene rings is 1. The van der Waals surface area contributed by atoms with E-state index in [1.165, 1.54) is 50.8 Å². The summed E-state index contributed by atoms with van der Waals surface area (Å²) in [7, 11) is 0. The molecule has 1 atom stereocenters. The lowest BCUT2D eigenvalue weighted by Crippen LogP contribution is -2.48. The monoisotopic (exact) mass is 338 g/mol. The van der Waals surface area contributed by atoms with Crippen LogP contribution in [-0.4, -0.2) is 41.5 Å². The van der Waals surface area contributed by atoms with Gasteiger partial charge in [0.15, 0.2) is 0 Å². The van der Waals surface area contributed by atoms with Gasteiger partial charge in [0.25, 0.3) is 0 Å². The highest BCUT2D eigenvalue weighted by atomic mass is 15.2. The first-order chi connectivity index (χ1) is 12.2. The van der Waals surface area contributed by atoms with Crippen LogP contribution in [0.1, 0.15) is 51.5 Å². The van der Waals surface area contributed by atoms with Crippen molar-refractivity contribution in [2.24, 2.45) is 0 Å². The molecule has 3 rings (SSSR count). The van der Waals surface area contributed by atoms with E-state index < -0.39 is 0 Å². The summed E-state index contributed by atoms with van der Waals surface area (Å²) in [5.74, 6) is 0. The third-order valence-corrected chi connectivity index (χ3v) is 5.66. The van der Waals surface area contributed by atoms with Gasteiger partial charge in [0.1, 0.15) is 0 Å². The Hall–Kier alpha value is -1.38. The lowest BCUT2D eigenvalue weighted by Gasteiger charge is -2.40. The van der Waals surface area contributed by atoms with E-state index in [-0.39, 0.29) is 0 Å². The molecule has 2 aliphatic rings. The second-order valence-corrected chi connectivity index (χ2v) is 7.92. The summed E-state index contributed by atoms with van der Waals surface area (Å²) < 4.78 is 0. The number of likely N-dealkylation sites (tertiary alicyclic amines) is 1. The largest absolute Gasteiger partial charge is 0.295 e. The van der Waals surface area contributed by atoms with Crippen LogP contribution in [0.5, 0.6) is 0 Å². The molecule has 1 unspecified atom stereocenters. The summed E-state index contributed by atoms with van der Waals surface area (Å²) in [5, 5.41) is 0. The van der Waals surface area contributed by atoms with Crippen molar-refractivity contribution in [1.29, 1.82) is 0 Å². The Balaban J connectivity index is 1.63. The molecule has 1 fully saturated rings. The standard InChI is InChI=1S/C23H34N2/c1-20(2)25(18-22-13-7-4-8-14-22)19-23-15-9-10-16-24(23)17-21-11-5-3-6-12-21/h3-7,11-13,20,23H,8-10,14-19H2,1-2H3. The first-order valence-electron chi connectivity index (χ1n) is 10.1.